The zero-order valence-corrected chi connectivity index (χ0v) is 18.4. The number of anilines is 2. The molecule has 30 heavy (non-hydrogen) atoms. The monoisotopic (exact) mass is 425 g/mol. The number of nitriles is 1. The highest BCUT2D eigenvalue weighted by molar-refractivity contribution is 7.98. The van der Waals surface area contributed by atoms with Gasteiger partial charge in [0.05, 0.1) is 5.69 Å². The highest BCUT2D eigenvalue weighted by Crippen LogP contribution is 2.24. The minimum atomic E-state index is 0.0310. The van der Waals surface area contributed by atoms with E-state index in [4.69, 9.17) is 5.73 Å². The number of thioether (sulfide) groups is 1. The molecule has 0 aromatic carbocycles. The van der Waals surface area contributed by atoms with Gasteiger partial charge in [0.25, 0.3) is 5.56 Å². The molecule has 0 amide bonds. The maximum Gasteiger partial charge on any atom is 0.253 e. The van der Waals surface area contributed by atoms with E-state index in [0.29, 0.717) is 31.0 Å². The lowest BCUT2D eigenvalue weighted by atomic mass is 10.2. The summed E-state index contributed by atoms with van der Waals surface area (Å²) in [6.07, 6.45) is 6.15. The maximum atomic E-state index is 12.7. The fourth-order valence-corrected chi connectivity index (χ4v) is 3.94. The zero-order valence-electron chi connectivity index (χ0n) is 17.6. The molecule has 0 atom stereocenters. The van der Waals surface area contributed by atoms with E-state index in [0.717, 1.165) is 35.4 Å². The fraction of sp³-hybridized carbons (Fsp3) is 0.429. The molecule has 3 N–H and O–H groups in total. The SMILES string of the molecule is CCc1c(C)nn2c(N)c(C#N)c(NCCc3cccn(CCCSC)c3=O)nc12. The molecule has 8 nitrogen and oxygen atoms in total. The van der Waals surface area contributed by atoms with Crippen molar-refractivity contribution in [1.82, 2.24) is 19.2 Å². The van der Waals surface area contributed by atoms with E-state index in [1.54, 1.807) is 16.3 Å². The van der Waals surface area contributed by atoms with Crippen LogP contribution in [0.3, 0.4) is 0 Å². The molecule has 3 heterocycles. The van der Waals surface area contributed by atoms with Crippen molar-refractivity contribution >= 4 is 29.0 Å². The summed E-state index contributed by atoms with van der Waals surface area (Å²) in [5.74, 6) is 1.72. The third-order valence-corrected chi connectivity index (χ3v) is 5.79. The van der Waals surface area contributed by atoms with Crippen LogP contribution < -0.4 is 16.6 Å². The summed E-state index contributed by atoms with van der Waals surface area (Å²) >= 11 is 1.78. The molecule has 0 aliphatic rings. The van der Waals surface area contributed by atoms with E-state index in [9.17, 15) is 10.1 Å². The van der Waals surface area contributed by atoms with Crippen molar-refractivity contribution in [3.05, 3.63) is 51.1 Å². The first-order chi connectivity index (χ1) is 14.5. The van der Waals surface area contributed by atoms with Gasteiger partial charge < -0.3 is 15.6 Å². The van der Waals surface area contributed by atoms with Crippen molar-refractivity contribution in [2.45, 2.75) is 39.7 Å². The number of pyridine rings is 1. The molecule has 3 aromatic rings. The Morgan fingerprint density at radius 1 is 1.40 bits per heavy atom. The number of rotatable bonds is 9. The number of nitrogens with zero attached hydrogens (tertiary/aromatic N) is 5. The van der Waals surface area contributed by atoms with Crippen LogP contribution in [0.2, 0.25) is 0 Å². The Morgan fingerprint density at radius 3 is 2.90 bits per heavy atom. The number of hydrogen-bond acceptors (Lipinski definition) is 7. The van der Waals surface area contributed by atoms with Crippen molar-refractivity contribution in [2.24, 2.45) is 0 Å². The summed E-state index contributed by atoms with van der Waals surface area (Å²) in [5.41, 5.74) is 9.73. The summed E-state index contributed by atoms with van der Waals surface area (Å²) in [6, 6.07) is 5.87. The number of nitrogen functional groups attached to an aromatic ring is 1. The molecule has 0 fully saturated rings. The second-order valence-electron chi connectivity index (χ2n) is 7.04. The van der Waals surface area contributed by atoms with Crippen LogP contribution >= 0.6 is 11.8 Å². The first-order valence-electron chi connectivity index (χ1n) is 10.0. The van der Waals surface area contributed by atoms with Gasteiger partial charge in [0, 0.05) is 30.4 Å². The van der Waals surface area contributed by atoms with Gasteiger partial charge in [-0.1, -0.05) is 13.0 Å². The first-order valence-corrected chi connectivity index (χ1v) is 11.4. The molecule has 3 rings (SSSR count). The molecule has 0 bridgehead atoms. The van der Waals surface area contributed by atoms with Gasteiger partial charge in [0.2, 0.25) is 0 Å². The van der Waals surface area contributed by atoms with Crippen LogP contribution in [0.25, 0.3) is 5.65 Å². The molecule has 158 valence electrons. The van der Waals surface area contributed by atoms with Gasteiger partial charge in [-0.15, -0.1) is 0 Å². The Labute approximate surface area is 180 Å². The number of aromatic nitrogens is 4. The third kappa shape index (κ3) is 4.28. The van der Waals surface area contributed by atoms with Gasteiger partial charge in [-0.2, -0.15) is 26.6 Å². The molecule has 0 aliphatic heterocycles. The number of aryl methyl sites for hydroxylation is 3. The molecule has 0 unspecified atom stereocenters. The average molecular weight is 426 g/mol. The van der Waals surface area contributed by atoms with Crippen molar-refractivity contribution in [3.8, 4) is 6.07 Å². The standard InChI is InChI=1S/C21H27N7OS/c1-4-16-14(2)26-28-18(23)17(13-22)19(25-20(16)28)24-9-8-15-7-5-10-27(21(15)29)11-6-12-30-3/h5,7,10H,4,6,8-9,11-12,23H2,1-3H3,(H,24,25). The lowest BCUT2D eigenvalue weighted by Gasteiger charge is -2.11. The Balaban J connectivity index is 1.80. The van der Waals surface area contributed by atoms with Crippen LogP contribution in [-0.2, 0) is 19.4 Å². The first kappa shape index (κ1) is 21.7. The number of nitrogens with two attached hydrogens (primary N) is 1. The smallest absolute Gasteiger partial charge is 0.253 e. The Morgan fingerprint density at radius 2 is 2.20 bits per heavy atom. The number of nitrogens with one attached hydrogen (secondary N) is 1. The molecule has 0 aliphatic carbocycles. The van der Waals surface area contributed by atoms with Crippen molar-refractivity contribution in [2.75, 3.05) is 29.6 Å². The van der Waals surface area contributed by atoms with Gasteiger partial charge in [-0.05, 0) is 44.3 Å². The topological polar surface area (TPSA) is 114 Å². The Bertz CT molecular complexity index is 1140. The Hall–Kier alpha value is -2.99. The molecule has 9 heteroatoms. The van der Waals surface area contributed by atoms with Gasteiger partial charge in [-0.3, -0.25) is 4.79 Å². The van der Waals surface area contributed by atoms with Crippen LogP contribution in [0.4, 0.5) is 11.6 Å². The summed E-state index contributed by atoms with van der Waals surface area (Å²) < 4.78 is 3.29. The van der Waals surface area contributed by atoms with Crippen LogP contribution in [-0.4, -0.2) is 37.7 Å². The van der Waals surface area contributed by atoms with E-state index in [1.807, 2.05) is 32.2 Å². The highest BCUT2D eigenvalue weighted by Gasteiger charge is 2.18. The van der Waals surface area contributed by atoms with E-state index in [2.05, 4.69) is 27.7 Å². The molecule has 0 saturated carbocycles. The Kier molecular flexibility index (Phi) is 7.00. The largest absolute Gasteiger partial charge is 0.382 e. The van der Waals surface area contributed by atoms with E-state index in [-0.39, 0.29) is 16.9 Å². The van der Waals surface area contributed by atoms with E-state index in [1.165, 1.54) is 4.52 Å². The fourth-order valence-electron chi connectivity index (χ4n) is 3.52. The predicted molar refractivity (Wildman–Crippen MR) is 122 cm³/mol. The maximum absolute atomic E-state index is 12.7. The zero-order chi connectivity index (χ0) is 21.7. The normalized spacial score (nSPS) is 11.0. The van der Waals surface area contributed by atoms with E-state index < -0.39 is 0 Å². The summed E-state index contributed by atoms with van der Waals surface area (Å²) in [4.78, 5) is 17.3. The molecular formula is C21H27N7OS. The van der Waals surface area contributed by atoms with Crippen molar-refractivity contribution in [3.63, 3.8) is 0 Å². The summed E-state index contributed by atoms with van der Waals surface area (Å²) in [6.45, 7) is 5.13. The minimum Gasteiger partial charge on any atom is -0.382 e. The molecule has 0 radical (unpaired) electrons. The number of hydrogen-bond donors (Lipinski definition) is 2. The quantitative estimate of drug-likeness (QED) is 0.507. The van der Waals surface area contributed by atoms with Crippen molar-refractivity contribution in [1.29, 1.82) is 5.26 Å². The van der Waals surface area contributed by atoms with Crippen LogP contribution in [0.15, 0.2) is 23.1 Å². The molecule has 0 spiro atoms. The van der Waals surface area contributed by atoms with Crippen molar-refractivity contribution < 1.29 is 0 Å². The summed E-state index contributed by atoms with van der Waals surface area (Å²) in [5, 5.41) is 17.2. The van der Waals surface area contributed by atoms with Crippen LogP contribution in [0, 0.1) is 18.3 Å². The second-order valence-corrected chi connectivity index (χ2v) is 8.03. The van der Waals surface area contributed by atoms with Gasteiger partial charge in [-0.25, -0.2) is 4.98 Å². The molecular weight excluding hydrogens is 398 g/mol. The predicted octanol–water partition coefficient (Wildman–Crippen LogP) is 2.62. The van der Waals surface area contributed by atoms with Crippen LogP contribution in [0.5, 0.6) is 0 Å². The molecule has 3 aromatic heterocycles. The third-order valence-electron chi connectivity index (χ3n) is 5.09. The number of fused-ring (bicyclic) bond motifs is 1. The van der Waals surface area contributed by atoms with Crippen LogP contribution in [0.1, 0.15) is 35.7 Å². The van der Waals surface area contributed by atoms with E-state index >= 15 is 0 Å². The average Bonchev–Trinajstić information content (AvgIpc) is 3.06. The minimum absolute atomic E-state index is 0.0310. The lowest BCUT2D eigenvalue weighted by Crippen LogP contribution is -2.25. The second kappa shape index (κ2) is 9.67. The summed E-state index contributed by atoms with van der Waals surface area (Å²) in [7, 11) is 0. The van der Waals surface area contributed by atoms with Gasteiger partial charge in [0.1, 0.15) is 23.3 Å². The molecule has 0 saturated heterocycles. The van der Waals surface area contributed by atoms with Gasteiger partial charge >= 0.3 is 0 Å². The highest BCUT2D eigenvalue weighted by atomic mass is 32.2. The van der Waals surface area contributed by atoms with Gasteiger partial charge in [0.15, 0.2) is 5.65 Å². The lowest BCUT2D eigenvalue weighted by molar-refractivity contribution is 0.651.